The molecule has 0 radical (unpaired) electrons. The van der Waals surface area contributed by atoms with Gasteiger partial charge >= 0.3 is 5.97 Å². The van der Waals surface area contributed by atoms with Crippen LogP contribution in [0.15, 0.2) is 66.7 Å². The Morgan fingerprint density at radius 1 is 0.941 bits per heavy atom. The van der Waals surface area contributed by atoms with Gasteiger partial charge in [-0.3, -0.25) is 9.59 Å². The van der Waals surface area contributed by atoms with Crippen molar-refractivity contribution in [1.29, 1.82) is 0 Å². The van der Waals surface area contributed by atoms with Crippen molar-refractivity contribution >= 4 is 17.6 Å². The molecule has 0 saturated carbocycles. The van der Waals surface area contributed by atoms with Crippen LogP contribution >= 0.6 is 0 Å². The van der Waals surface area contributed by atoms with Crippen LogP contribution in [0.25, 0.3) is 11.1 Å². The van der Waals surface area contributed by atoms with Crippen molar-refractivity contribution in [2.45, 2.75) is 32.2 Å². The SMILES string of the molecule is CC(C)[C@@H](CNC(=O)c1ccc(C[C@@H](N)C(=O)O)cc1)c1ccc(-c2ccc(N)c(O)c2)cc1. The lowest BCUT2D eigenvalue weighted by Crippen LogP contribution is -2.32. The molecule has 34 heavy (non-hydrogen) atoms. The first-order valence-corrected chi connectivity index (χ1v) is 11.2. The Morgan fingerprint density at radius 3 is 2.12 bits per heavy atom. The first-order chi connectivity index (χ1) is 16.2. The number of carboxylic acids is 1. The second kappa shape index (κ2) is 10.9. The van der Waals surface area contributed by atoms with Gasteiger partial charge in [0.2, 0.25) is 0 Å². The third-order valence-corrected chi connectivity index (χ3v) is 5.98. The zero-order valence-electron chi connectivity index (χ0n) is 19.4. The van der Waals surface area contributed by atoms with E-state index in [0.717, 1.165) is 22.3 Å². The van der Waals surface area contributed by atoms with Gasteiger partial charge in [-0.05, 0) is 58.9 Å². The number of nitrogen functional groups attached to an aromatic ring is 1. The number of amides is 1. The first kappa shape index (κ1) is 24.8. The van der Waals surface area contributed by atoms with Crippen LogP contribution in [0.2, 0.25) is 0 Å². The molecule has 3 aromatic carbocycles. The number of carboxylic acid groups (broad SMARTS) is 1. The molecule has 3 rings (SSSR count). The summed E-state index contributed by atoms with van der Waals surface area (Å²) >= 11 is 0. The molecule has 0 bridgehead atoms. The number of hydrogen-bond acceptors (Lipinski definition) is 5. The number of aromatic hydroxyl groups is 1. The minimum absolute atomic E-state index is 0.0575. The number of carbonyl (C=O) groups is 2. The Labute approximate surface area is 199 Å². The molecule has 0 aromatic heterocycles. The molecule has 7 nitrogen and oxygen atoms in total. The largest absolute Gasteiger partial charge is 0.506 e. The number of nitrogens with two attached hydrogens (primary N) is 2. The van der Waals surface area contributed by atoms with Gasteiger partial charge in [-0.15, -0.1) is 0 Å². The molecule has 0 aliphatic heterocycles. The molecule has 0 fully saturated rings. The van der Waals surface area contributed by atoms with E-state index in [1.807, 2.05) is 30.3 Å². The summed E-state index contributed by atoms with van der Waals surface area (Å²) in [6.07, 6.45) is 0.207. The summed E-state index contributed by atoms with van der Waals surface area (Å²) in [5.41, 5.74) is 15.8. The second-order valence-corrected chi connectivity index (χ2v) is 8.80. The number of rotatable bonds is 9. The molecule has 0 heterocycles. The van der Waals surface area contributed by atoms with Gasteiger partial charge in [-0.25, -0.2) is 0 Å². The topological polar surface area (TPSA) is 139 Å². The monoisotopic (exact) mass is 461 g/mol. The van der Waals surface area contributed by atoms with Gasteiger partial charge in [0.25, 0.3) is 5.91 Å². The quantitative estimate of drug-likeness (QED) is 0.243. The maximum absolute atomic E-state index is 12.7. The van der Waals surface area contributed by atoms with E-state index in [2.05, 4.69) is 19.2 Å². The molecule has 0 spiro atoms. The highest BCUT2D eigenvalue weighted by atomic mass is 16.4. The summed E-state index contributed by atoms with van der Waals surface area (Å²) < 4.78 is 0. The number of phenols is 1. The predicted octanol–water partition coefficient (Wildman–Crippen LogP) is 3.77. The number of anilines is 1. The number of hydrogen-bond donors (Lipinski definition) is 5. The molecule has 0 aliphatic carbocycles. The Morgan fingerprint density at radius 2 is 1.56 bits per heavy atom. The lowest BCUT2D eigenvalue weighted by atomic mass is 9.87. The van der Waals surface area contributed by atoms with Crippen molar-refractivity contribution in [3.8, 4) is 16.9 Å². The van der Waals surface area contributed by atoms with Gasteiger partial charge in [0, 0.05) is 18.0 Å². The van der Waals surface area contributed by atoms with Crippen molar-refractivity contribution in [1.82, 2.24) is 5.32 Å². The highest BCUT2D eigenvalue weighted by Gasteiger charge is 2.18. The Bertz CT molecular complexity index is 1140. The fourth-order valence-corrected chi connectivity index (χ4v) is 3.82. The van der Waals surface area contributed by atoms with Crippen molar-refractivity contribution in [3.05, 3.63) is 83.4 Å². The molecule has 178 valence electrons. The van der Waals surface area contributed by atoms with Crippen molar-refractivity contribution in [2.24, 2.45) is 11.7 Å². The van der Waals surface area contributed by atoms with Gasteiger partial charge in [0.15, 0.2) is 0 Å². The molecule has 0 unspecified atom stereocenters. The number of carbonyl (C=O) groups excluding carboxylic acids is 1. The molecule has 0 aliphatic rings. The highest BCUT2D eigenvalue weighted by Crippen LogP contribution is 2.30. The zero-order chi connectivity index (χ0) is 24.8. The fourth-order valence-electron chi connectivity index (χ4n) is 3.82. The van der Waals surface area contributed by atoms with Gasteiger partial charge in [0.05, 0.1) is 5.69 Å². The molecule has 3 aromatic rings. The zero-order valence-corrected chi connectivity index (χ0v) is 19.4. The Kier molecular flexibility index (Phi) is 7.91. The van der Waals surface area contributed by atoms with Gasteiger partial charge in [-0.2, -0.15) is 0 Å². The normalized spacial score (nSPS) is 12.8. The van der Waals surface area contributed by atoms with Crippen LogP contribution in [-0.4, -0.2) is 34.7 Å². The standard InChI is InChI=1S/C27H31N3O4/c1-16(2)22(19-9-7-18(8-10-19)21-11-12-23(28)25(31)14-21)15-30-26(32)20-5-3-17(4-6-20)13-24(29)27(33)34/h3-12,14,16,22,24,31H,13,15,28-29H2,1-2H3,(H,30,32)(H,33,34)/t22-,24-/m1/s1. The van der Waals surface area contributed by atoms with E-state index in [1.54, 1.807) is 36.4 Å². The summed E-state index contributed by atoms with van der Waals surface area (Å²) in [6, 6.07) is 19.1. The minimum atomic E-state index is -1.05. The predicted molar refractivity (Wildman–Crippen MR) is 134 cm³/mol. The fraction of sp³-hybridized carbons (Fsp3) is 0.259. The first-order valence-electron chi connectivity index (χ1n) is 11.2. The minimum Gasteiger partial charge on any atom is -0.506 e. The molecular formula is C27H31N3O4. The van der Waals surface area contributed by atoms with Gasteiger partial charge < -0.3 is 27.0 Å². The van der Waals surface area contributed by atoms with Crippen molar-refractivity contribution < 1.29 is 19.8 Å². The summed E-state index contributed by atoms with van der Waals surface area (Å²) in [6.45, 7) is 4.70. The average molecular weight is 462 g/mol. The third-order valence-electron chi connectivity index (χ3n) is 5.98. The highest BCUT2D eigenvalue weighted by molar-refractivity contribution is 5.94. The van der Waals surface area contributed by atoms with Crippen LogP contribution in [-0.2, 0) is 11.2 Å². The second-order valence-electron chi connectivity index (χ2n) is 8.80. The van der Waals surface area contributed by atoms with E-state index in [0.29, 0.717) is 23.7 Å². The summed E-state index contributed by atoms with van der Waals surface area (Å²) in [4.78, 5) is 23.6. The third kappa shape index (κ3) is 6.14. The van der Waals surface area contributed by atoms with E-state index in [1.165, 1.54) is 0 Å². The summed E-state index contributed by atoms with van der Waals surface area (Å²) in [5.74, 6) is -0.769. The Hall–Kier alpha value is -3.84. The molecular weight excluding hydrogens is 430 g/mol. The lowest BCUT2D eigenvalue weighted by molar-refractivity contribution is -0.138. The molecule has 7 N–H and O–H groups in total. The van der Waals surface area contributed by atoms with Crippen LogP contribution in [0.1, 0.15) is 41.3 Å². The molecule has 2 atom stereocenters. The van der Waals surface area contributed by atoms with Gasteiger partial charge in [0.1, 0.15) is 11.8 Å². The molecule has 1 amide bonds. The Balaban J connectivity index is 1.65. The van der Waals surface area contributed by atoms with Crippen LogP contribution < -0.4 is 16.8 Å². The van der Waals surface area contributed by atoms with Crippen LogP contribution in [0.4, 0.5) is 5.69 Å². The summed E-state index contributed by atoms with van der Waals surface area (Å²) in [5, 5.41) is 21.8. The smallest absolute Gasteiger partial charge is 0.320 e. The van der Waals surface area contributed by atoms with E-state index in [9.17, 15) is 14.7 Å². The number of benzene rings is 3. The number of phenolic OH excluding ortho intramolecular Hbond substituents is 1. The van der Waals surface area contributed by atoms with E-state index < -0.39 is 12.0 Å². The molecule has 7 heteroatoms. The van der Waals surface area contributed by atoms with Gasteiger partial charge in [-0.1, -0.05) is 56.3 Å². The van der Waals surface area contributed by atoms with Crippen LogP contribution in [0.3, 0.4) is 0 Å². The van der Waals surface area contributed by atoms with E-state index in [4.69, 9.17) is 16.6 Å². The van der Waals surface area contributed by atoms with Crippen LogP contribution in [0.5, 0.6) is 5.75 Å². The van der Waals surface area contributed by atoms with E-state index in [-0.39, 0.29) is 24.0 Å². The number of aliphatic carboxylic acids is 1. The average Bonchev–Trinajstić information content (AvgIpc) is 2.81. The summed E-state index contributed by atoms with van der Waals surface area (Å²) in [7, 11) is 0. The maximum atomic E-state index is 12.7. The lowest BCUT2D eigenvalue weighted by Gasteiger charge is -2.22. The maximum Gasteiger partial charge on any atom is 0.320 e. The molecule has 0 saturated heterocycles. The van der Waals surface area contributed by atoms with Crippen molar-refractivity contribution in [2.75, 3.05) is 12.3 Å². The van der Waals surface area contributed by atoms with Crippen molar-refractivity contribution in [3.63, 3.8) is 0 Å². The van der Waals surface area contributed by atoms with E-state index >= 15 is 0 Å². The number of nitrogens with one attached hydrogen (secondary N) is 1. The van der Waals surface area contributed by atoms with Crippen LogP contribution in [0, 0.1) is 5.92 Å².